The summed E-state index contributed by atoms with van der Waals surface area (Å²) in [6, 6.07) is 6.75. The second kappa shape index (κ2) is 6.45. The lowest BCUT2D eigenvalue weighted by atomic mass is 9.62. The highest BCUT2D eigenvalue weighted by Gasteiger charge is 2.47. The van der Waals surface area contributed by atoms with E-state index in [1.165, 1.54) is 6.07 Å². The Balaban J connectivity index is 2.30. The molecule has 1 aromatic rings. The van der Waals surface area contributed by atoms with Crippen molar-refractivity contribution in [2.45, 2.75) is 69.9 Å². The van der Waals surface area contributed by atoms with Gasteiger partial charge in [-0.2, -0.15) is 0 Å². The molecule has 0 aliphatic heterocycles. The van der Waals surface area contributed by atoms with Crippen LogP contribution in [0.4, 0.5) is 4.39 Å². The summed E-state index contributed by atoms with van der Waals surface area (Å²) in [5, 5.41) is 11.3. The highest BCUT2D eigenvalue weighted by atomic mass is 19.1. The summed E-state index contributed by atoms with van der Waals surface area (Å²) in [5.74, 6) is -0.195. The molecule has 0 spiro atoms. The Labute approximate surface area is 127 Å². The average Bonchev–Trinajstić information content (AvgIpc) is 2.49. The Morgan fingerprint density at radius 1 is 1.29 bits per heavy atom. The number of hydrogen-bond acceptors (Lipinski definition) is 2. The molecule has 2 rings (SSSR count). The van der Waals surface area contributed by atoms with Crippen molar-refractivity contribution < 1.29 is 9.50 Å². The fourth-order valence-corrected chi connectivity index (χ4v) is 3.97. The van der Waals surface area contributed by atoms with E-state index in [-0.39, 0.29) is 17.3 Å². The van der Waals surface area contributed by atoms with E-state index in [9.17, 15) is 9.50 Å². The molecule has 1 aliphatic rings. The minimum atomic E-state index is -0.888. The lowest BCUT2D eigenvalue weighted by Gasteiger charge is -2.49. The van der Waals surface area contributed by atoms with Crippen LogP contribution in [0.25, 0.3) is 0 Å². The van der Waals surface area contributed by atoms with Gasteiger partial charge in [0, 0.05) is 17.9 Å². The van der Waals surface area contributed by atoms with Crippen LogP contribution in [0.15, 0.2) is 24.3 Å². The van der Waals surface area contributed by atoms with Gasteiger partial charge in [0.1, 0.15) is 5.82 Å². The molecule has 1 aromatic carbocycles. The van der Waals surface area contributed by atoms with Crippen molar-refractivity contribution in [1.82, 2.24) is 0 Å². The smallest absolute Gasteiger partial charge is 0.126 e. The van der Waals surface area contributed by atoms with Gasteiger partial charge in [-0.1, -0.05) is 44.9 Å². The van der Waals surface area contributed by atoms with Crippen molar-refractivity contribution in [2.75, 3.05) is 0 Å². The molecule has 1 fully saturated rings. The first-order chi connectivity index (χ1) is 9.95. The van der Waals surface area contributed by atoms with E-state index in [0.29, 0.717) is 18.4 Å². The minimum Gasteiger partial charge on any atom is -0.389 e. The molecule has 0 saturated heterocycles. The standard InChI is InChI=1S/C18H28FNO/c1-3-17(20,4-2)16-11-7-8-12-18(16,21)13-14-9-5-6-10-15(14)19/h5-6,9-10,16,21H,3-4,7-8,11-13,20H2,1-2H3/t16-,18-/m1/s1. The number of hydrogen-bond donors (Lipinski definition) is 2. The quantitative estimate of drug-likeness (QED) is 0.867. The Morgan fingerprint density at radius 3 is 2.57 bits per heavy atom. The van der Waals surface area contributed by atoms with Gasteiger partial charge in [0.05, 0.1) is 5.60 Å². The predicted molar refractivity (Wildman–Crippen MR) is 84.5 cm³/mol. The van der Waals surface area contributed by atoms with Crippen LogP contribution >= 0.6 is 0 Å². The normalized spacial score (nSPS) is 26.8. The molecule has 1 aliphatic carbocycles. The molecule has 2 atom stereocenters. The fourth-order valence-electron chi connectivity index (χ4n) is 3.97. The second-order valence-corrected chi connectivity index (χ2v) is 6.61. The molecule has 21 heavy (non-hydrogen) atoms. The van der Waals surface area contributed by atoms with Gasteiger partial charge in [0.15, 0.2) is 0 Å². The van der Waals surface area contributed by atoms with Crippen LogP contribution in [-0.2, 0) is 6.42 Å². The number of halogens is 1. The molecule has 0 unspecified atom stereocenters. The maximum Gasteiger partial charge on any atom is 0.126 e. The van der Waals surface area contributed by atoms with Crippen molar-refractivity contribution in [3.8, 4) is 0 Å². The highest BCUT2D eigenvalue weighted by Crippen LogP contribution is 2.44. The first-order valence-electron chi connectivity index (χ1n) is 8.20. The van der Waals surface area contributed by atoms with Gasteiger partial charge in [-0.15, -0.1) is 0 Å². The van der Waals surface area contributed by atoms with E-state index >= 15 is 0 Å². The van der Waals surface area contributed by atoms with Crippen molar-refractivity contribution in [3.05, 3.63) is 35.6 Å². The molecule has 118 valence electrons. The summed E-state index contributed by atoms with van der Waals surface area (Å²) in [7, 11) is 0. The van der Waals surface area contributed by atoms with Crippen LogP contribution < -0.4 is 5.73 Å². The first-order valence-corrected chi connectivity index (χ1v) is 8.20. The minimum absolute atomic E-state index is 0.0355. The van der Waals surface area contributed by atoms with Gasteiger partial charge >= 0.3 is 0 Å². The predicted octanol–water partition coefficient (Wildman–Crippen LogP) is 3.81. The topological polar surface area (TPSA) is 46.2 Å². The molecule has 0 radical (unpaired) electrons. The summed E-state index contributed by atoms with van der Waals surface area (Å²) in [6.45, 7) is 4.17. The third kappa shape index (κ3) is 3.29. The summed E-state index contributed by atoms with van der Waals surface area (Å²) < 4.78 is 14.0. The average molecular weight is 293 g/mol. The zero-order valence-corrected chi connectivity index (χ0v) is 13.2. The number of rotatable bonds is 5. The zero-order valence-electron chi connectivity index (χ0n) is 13.2. The molecule has 3 N–H and O–H groups in total. The van der Waals surface area contributed by atoms with E-state index < -0.39 is 5.60 Å². The largest absolute Gasteiger partial charge is 0.389 e. The fraction of sp³-hybridized carbons (Fsp3) is 0.667. The number of nitrogens with two attached hydrogens (primary N) is 1. The maximum atomic E-state index is 14.0. The maximum absolute atomic E-state index is 14.0. The Hall–Kier alpha value is -0.930. The SMILES string of the molecule is CCC(N)(CC)[C@H]1CCCC[C@@]1(O)Cc1ccccc1F. The second-order valence-electron chi connectivity index (χ2n) is 6.61. The summed E-state index contributed by atoms with van der Waals surface area (Å²) in [5.41, 5.74) is 5.94. The molecular weight excluding hydrogens is 265 g/mol. The molecule has 0 aromatic heterocycles. The Kier molecular flexibility index (Phi) is 5.05. The molecule has 1 saturated carbocycles. The zero-order chi connectivity index (χ0) is 15.5. The van der Waals surface area contributed by atoms with Crippen LogP contribution in [0.5, 0.6) is 0 Å². The van der Waals surface area contributed by atoms with E-state index in [1.54, 1.807) is 12.1 Å². The van der Waals surface area contributed by atoms with Crippen LogP contribution in [-0.4, -0.2) is 16.2 Å². The summed E-state index contributed by atoms with van der Waals surface area (Å²) >= 11 is 0. The molecule has 0 heterocycles. The summed E-state index contributed by atoms with van der Waals surface area (Å²) in [6.07, 6.45) is 5.78. The lowest BCUT2D eigenvalue weighted by Crippen LogP contribution is -2.58. The molecule has 2 nitrogen and oxygen atoms in total. The Bertz CT molecular complexity index is 472. The highest BCUT2D eigenvalue weighted by molar-refractivity contribution is 5.21. The van der Waals surface area contributed by atoms with E-state index in [2.05, 4.69) is 13.8 Å². The van der Waals surface area contributed by atoms with Crippen molar-refractivity contribution in [3.63, 3.8) is 0 Å². The molecular formula is C18H28FNO. The lowest BCUT2D eigenvalue weighted by molar-refractivity contribution is -0.0804. The third-order valence-electron chi connectivity index (χ3n) is 5.47. The van der Waals surface area contributed by atoms with Crippen LogP contribution in [0.3, 0.4) is 0 Å². The van der Waals surface area contributed by atoms with Gasteiger partial charge in [0.25, 0.3) is 0 Å². The van der Waals surface area contributed by atoms with Crippen LogP contribution in [0, 0.1) is 11.7 Å². The molecule has 0 amide bonds. The molecule has 0 bridgehead atoms. The van der Waals surface area contributed by atoms with E-state index in [1.807, 2.05) is 6.07 Å². The van der Waals surface area contributed by atoms with E-state index in [4.69, 9.17) is 5.73 Å². The van der Waals surface area contributed by atoms with E-state index in [0.717, 1.165) is 32.1 Å². The monoisotopic (exact) mass is 293 g/mol. The van der Waals surface area contributed by atoms with Gasteiger partial charge < -0.3 is 10.8 Å². The van der Waals surface area contributed by atoms with Crippen LogP contribution in [0.1, 0.15) is 57.9 Å². The van der Waals surface area contributed by atoms with Crippen molar-refractivity contribution in [2.24, 2.45) is 11.7 Å². The van der Waals surface area contributed by atoms with Gasteiger partial charge in [-0.05, 0) is 37.3 Å². The number of benzene rings is 1. The third-order valence-corrected chi connectivity index (χ3v) is 5.47. The van der Waals surface area contributed by atoms with Gasteiger partial charge in [0.2, 0.25) is 0 Å². The van der Waals surface area contributed by atoms with Crippen LogP contribution in [0.2, 0.25) is 0 Å². The number of aliphatic hydroxyl groups is 1. The van der Waals surface area contributed by atoms with Crippen molar-refractivity contribution >= 4 is 0 Å². The van der Waals surface area contributed by atoms with Crippen molar-refractivity contribution in [1.29, 1.82) is 0 Å². The summed E-state index contributed by atoms with van der Waals surface area (Å²) in [4.78, 5) is 0. The first kappa shape index (κ1) is 16.4. The van der Waals surface area contributed by atoms with Gasteiger partial charge in [-0.3, -0.25) is 0 Å². The van der Waals surface area contributed by atoms with Gasteiger partial charge in [-0.25, -0.2) is 4.39 Å². The Morgan fingerprint density at radius 2 is 1.95 bits per heavy atom. The molecule has 3 heteroatoms.